The fourth-order valence-electron chi connectivity index (χ4n) is 1.77. The highest BCUT2D eigenvalue weighted by atomic mass is 16.5. The van der Waals surface area contributed by atoms with Gasteiger partial charge in [0.2, 0.25) is 0 Å². The highest BCUT2D eigenvalue weighted by Gasteiger charge is 2.23. The van der Waals surface area contributed by atoms with Crippen LogP contribution in [0, 0.1) is 0 Å². The van der Waals surface area contributed by atoms with Crippen molar-refractivity contribution >= 4 is 0 Å². The molecule has 0 aliphatic heterocycles. The van der Waals surface area contributed by atoms with Crippen molar-refractivity contribution < 1.29 is 4.74 Å². The lowest BCUT2D eigenvalue weighted by Gasteiger charge is -2.13. The Hall–Kier alpha value is -0.860. The molecule has 1 unspecified atom stereocenters. The highest BCUT2D eigenvalue weighted by molar-refractivity contribution is 5.29. The van der Waals surface area contributed by atoms with E-state index in [1.54, 1.807) is 7.11 Å². The van der Waals surface area contributed by atoms with Crippen LogP contribution >= 0.6 is 0 Å². The molecule has 1 atom stereocenters. The Kier molecular flexibility index (Phi) is 2.85. The summed E-state index contributed by atoms with van der Waals surface area (Å²) in [4.78, 5) is 0. The van der Waals surface area contributed by atoms with Crippen LogP contribution in [0.3, 0.4) is 0 Å². The molecule has 1 aliphatic rings. The van der Waals surface area contributed by atoms with Crippen molar-refractivity contribution in [3.05, 3.63) is 35.4 Å². The van der Waals surface area contributed by atoms with E-state index in [9.17, 15) is 0 Å². The summed E-state index contributed by atoms with van der Waals surface area (Å²) in [6, 6.07) is 8.67. The van der Waals surface area contributed by atoms with E-state index in [2.05, 4.69) is 24.3 Å². The normalized spacial score (nSPS) is 18.1. The van der Waals surface area contributed by atoms with E-state index in [-0.39, 0.29) is 6.10 Å². The van der Waals surface area contributed by atoms with Gasteiger partial charge in [-0.2, -0.15) is 0 Å². The molecule has 1 aromatic rings. The zero-order valence-electron chi connectivity index (χ0n) is 8.57. The van der Waals surface area contributed by atoms with Crippen molar-refractivity contribution in [1.29, 1.82) is 0 Å². The molecular formula is C12H17NO. The first-order chi connectivity index (χ1) is 6.85. The Morgan fingerprint density at radius 2 is 2.00 bits per heavy atom. The maximum absolute atomic E-state index is 5.60. The summed E-state index contributed by atoms with van der Waals surface area (Å²) < 4.78 is 5.28. The van der Waals surface area contributed by atoms with E-state index >= 15 is 0 Å². The van der Waals surface area contributed by atoms with Gasteiger partial charge in [0.15, 0.2) is 0 Å². The van der Waals surface area contributed by atoms with Gasteiger partial charge in [-0.1, -0.05) is 24.3 Å². The number of ether oxygens (including phenoxy) is 1. The maximum atomic E-state index is 5.60. The summed E-state index contributed by atoms with van der Waals surface area (Å²) in [6.07, 6.45) is 2.75. The molecule has 76 valence electrons. The number of benzene rings is 1. The van der Waals surface area contributed by atoms with Gasteiger partial charge in [0, 0.05) is 13.7 Å². The van der Waals surface area contributed by atoms with Crippen molar-refractivity contribution in [2.45, 2.75) is 24.9 Å². The number of methoxy groups -OCH3 is 1. The second kappa shape index (κ2) is 4.11. The molecule has 0 saturated heterocycles. The first kappa shape index (κ1) is 9.69. The van der Waals surface area contributed by atoms with Gasteiger partial charge in [0.25, 0.3) is 0 Å². The molecule has 0 aromatic heterocycles. The highest BCUT2D eigenvalue weighted by Crippen LogP contribution is 2.40. The van der Waals surface area contributed by atoms with Gasteiger partial charge in [0.05, 0.1) is 6.10 Å². The predicted octanol–water partition coefficient (Wildman–Crippen LogP) is 2.21. The van der Waals surface area contributed by atoms with E-state index < -0.39 is 0 Å². The molecule has 1 aliphatic carbocycles. The molecule has 2 rings (SSSR count). The number of hydrogen-bond donors (Lipinski definition) is 1. The van der Waals surface area contributed by atoms with Crippen molar-refractivity contribution in [3.63, 3.8) is 0 Å². The Morgan fingerprint density at radius 3 is 2.43 bits per heavy atom. The second-order valence-electron chi connectivity index (χ2n) is 3.90. The Labute approximate surface area is 85.1 Å². The van der Waals surface area contributed by atoms with Gasteiger partial charge in [-0.3, -0.25) is 0 Å². The van der Waals surface area contributed by atoms with Crippen LogP contribution in [0.15, 0.2) is 24.3 Å². The monoisotopic (exact) mass is 191 g/mol. The lowest BCUT2D eigenvalue weighted by atomic mass is 10.0. The first-order valence-corrected chi connectivity index (χ1v) is 5.18. The molecule has 2 heteroatoms. The number of hydrogen-bond acceptors (Lipinski definition) is 2. The average molecular weight is 191 g/mol. The van der Waals surface area contributed by atoms with Gasteiger partial charge < -0.3 is 10.5 Å². The molecule has 1 fully saturated rings. The van der Waals surface area contributed by atoms with Crippen LogP contribution in [0.4, 0.5) is 0 Å². The van der Waals surface area contributed by atoms with Gasteiger partial charge in [-0.05, 0) is 29.9 Å². The number of nitrogens with two attached hydrogens (primary N) is 1. The summed E-state index contributed by atoms with van der Waals surface area (Å²) in [5, 5.41) is 0. The summed E-state index contributed by atoms with van der Waals surface area (Å²) in [6.45, 7) is 0.541. The largest absolute Gasteiger partial charge is 0.375 e. The third-order valence-electron chi connectivity index (χ3n) is 2.86. The molecule has 2 nitrogen and oxygen atoms in total. The van der Waals surface area contributed by atoms with Crippen LogP contribution in [0.5, 0.6) is 0 Å². The molecule has 0 amide bonds. The summed E-state index contributed by atoms with van der Waals surface area (Å²) in [7, 11) is 1.70. The van der Waals surface area contributed by atoms with E-state index in [1.165, 1.54) is 24.0 Å². The molecular weight excluding hydrogens is 174 g/mol. The first-order valence-electron chi connectivity index (χ1n) is 5.18. The molecule has 0 bridgehead atoms. The zero-order chi connectivity index (χ0) is 9.97. The lowest BCUT2D eigenvalue weighted by molar-refractivity contribution is 0.110. The third-order valence-corrected chi connectivity index (χ3v) is 2.86. The standard InChI is InChI=1S/C12H17NO/c1-14-12(8-13)11-6-4-10(5-7-11)9-2-3-9/h4-7,9,12H,2-3,8,13H2,1H3. The molecule has 1 saturated carbocycles. The predicted molar refractivity (Wildman–Crippen MR) is 57.2 cm³/mol. The SMILES string of the molecule is COC(CN)c1ccc(C2CC2)cc1. The van der Waals surface area contributed by atoms with Crippen molar-refractivity contribution in [2.24, 2.45) is 5.73 Å². The molecule has 2 N–H and O–H groups in total. The summed E-state index contributed by atoms with van der Waals surface area (Å²) in [5.41, 5.74) is 8.24. The van der Waals surface area contributed by atoms with E-state index in [0.29, 0.717) is 6.54 Å². The summed E-state index contributed by atoms with van der Waals surface area (Å²) >= 11 is 0. The molecule has 0 spiro atoms. The molecule has 0 heterocycles. The minimum absolute atomic E-state index is 0.0447. The molecule has 0 radical (unpaired) electrons. The Morgan fingerprint density at radius 1 is 1.36 bits per heavy atom. The van der Waals surface area contributed by atoms with Gasteiger partial charge in [0.1, 0.15) is 0 Å². The van der Waals surface area contributed by atoms with Crippen LogP contribution in [-0.2, 0) is 4.74 Å². The van der Waals surface area contributed by atoms with Crippen LogP contribution in [-0.4, -0.2) is 13.7 Å². The third kappa shape index (κ3) is 1.97. The fraction of sp³-hybridized carbons (Fsp3) is 0.500. The quantitative estimate of drug-likeness (QED) is 0.792. The van der Waals surface area contributed by atoms with Gasteiger partial charge in [-0.25, -0.2) is 0 Å². The minimum Gasteiger partial charge on any atom is -0.375 e. The van der Waals surface area contributed by atoms with Crippen LogP contribution < -0.4 is 5.73 Å². The minimum atomic E-state index is 0.0447. The summed E-state index contributed by atoms with van der Waals surface area (Å²) in [5.74, 6) is 0.822. The van der Waals surface area contributed by atoms with Crippen molar-refractivity contribution in [1.82, 2.24) is 0 Å². The lowest BCUT2D eigenvalue weighted by Crippen LogP contribution is -2.13. The Balaban J connectivity index is 2.11. The number of rotatable bonds is 4. The van der Waals surface area contributed by atoms with Gasteiger partial charge >= 0.3 is 0 Å². The van der Waals surface area contributed by atoms with E-state index in [4.69, 9.17) is 10.5 Å². The second-order valence-corrected chi connectivity index (χ2v) is 3.90. The van der Waals surface area contributed by atoms with Crippen LogP contribution in [0.1, 0.15) is 36.0 Å². The van der Waals surface area contributed by atoms with E-state index in [1.807, 2.05) is 0 Å². The van der Waals surface area contributed by atoms with E-state index in [0.717, 1.165) is 5.92 Å². The smallest absolute Gasteiger partial charge is 0.0943 e. The average Bonchev–Trinajstić information content (AvgIpc) is 3.04. The van der Waals surface area contributed by atoms with Crippen molar-refractivity contribution in [2.75, 3.05) is 13.7 Å². The molecule has 1 aromatic carbocycles. The van der Waals surface area contributed by atoms with Crippen LogP contribution in [0.25, 0.3) is 0 Å². The fourth-order valence-corrected chi connectivity index (χ4v) is 1.77. The van der Waals surface area contributed by atoms with Crippen LogP contribution in [0.2, 0.25) is 0 Å². The Bertz CT molecular complexity index is 286. The zero-order valence-corrected chi connectivity index (χ0v) is 8.57. The molecule has 14 heavy (non-hydrogen) atoms. The van der Waals surface area contributed by atoms with Crippen molar-refractivity contribution in [3.8, 4) is 0 Å². The van der Waals surface area contributed by atoms with Gasteiger partial charge in [-0.15, -0.1) is 0 Å². The maximum Gasteiger partial charge on any atom is 0.0943 e. The topological polar surface area (TPSA) is 35.2 Å².